The van der Waals surface area contributed by atoms with Gasteiger partial charge in [0.25, 0.3) is 5.91 Å². The van der Waals surface area contributed by atoms with Crippen LogP contribution in [0, 0.1) is 12.8 Å². The summed E-state index contributed by atoms with van der Waals surface area (Å²) in [5, 5.41) is 9.25. The summed E-state index contributed by atoms with van der Waals surface area (Å²) in [6.07, 6.45) is -1.59. The number of amides is 2. The molecule has 0 atom stereocenters. The largest absolute Gasteiger partial charge is 0.456 e. The lowest BCUT2D eigenvalue weighted by Crippen LogP contribution is -2.18. The molecule has 180 valence electrons. The molecule has 1 aliphatic carbocycles. The van der Waals surface area contributed by atoms with Crippen molar-refractivity contribution in [2.75, 3.05) is 10.6 Å². The van der Waals surface area contributed by atoms with Crippen LogP contribution in [0.15, 0.2) is 47.0 Å². The standard InChI is InChI=1S/C22H17F3N6O4/c1-11-26-17(18(34-11)22(23,24)25)20(33)27-13-3-2-4-14(9-13)35-15-7-8-16-28-21(30-31(16)10-15)29-19(32)12-5-6-12/h2-4,7-10,12H,5-6H2,1H3,(H,27,33)(H,29,30,32). The minimum Gasteiger partial charge on any atom is -0.456 e. The molecule has 2 amide bonds. The molecule has 4 aromatic rings. The Hall–Kier alpha value is -4.42. The number of aryl methyl sites for hydroxylation is 1. The molecule has 10 nitrogen and oxygen atoms in total. The van der Waals surface area contributed by atoms with E-state index >= 15 is 0 Å². The predicted octanol–water partition coefficient (Wildman–Crippen LogP) is 4.44. The van der Waals surface area contributed by atoms with Gasteiger partial charge >= 0.3 is 6.18 Å². The second kappa shape index (κ2) is 8.42. The van der Waals surface area contributed by atoms with Crippen LogP contribution in [0.3, 0.4) is 0 Å². The van der Waals surface area contributed by atoms with Crippen LogP contribution in [0.25, 0.3) is 5.65 Å². The molecule has 0 aliphatic heterocycles. The van der Waals surface area contributed by atoms with Crippen molar-refractivity contribution in [2.24, 2.45) is 5.92 Å². The first-order valence-electron chi connectivity index (χ1n) is 10.5. The number of oxazole rings is 1. The minimum atomic E-state index is -4.86. The van der Waals surface area contributed by atoms with Gasteiger partial charge in [-0.25, -0.2) is 9.50 Å². The van der Waals surface area contributed by atoms with Gasteiger partial charge in [0.15, 0.2) is 17.2 Å². The summed E-state index contributed by atoms with van der Waals surface area (Å²) in [5.74, 6) is -2.05. The molecule has 0 spiro atoms. The Bertz CT molecular complexity index is 1440. The monoisotopic (exact) mass is 486 g/mol. The molecule has 2 N–H and O–H groups in total. The van der Waals surface area contributed by atoms with E-state index in [1.807, 2.05) is 0 Å². The SMILES string of the molecule is Cc1nc(C(=O)Nc2cccc(Oc3ccc4nc(NC(=O)C5CC5)nn4c3)c2)c(C(F)(F)F)o1. The third kappa shape index (κ3) is 4.93. The van der Waals surface area contributed by atoms with Crippen LogP contribution in [0.1, 0.15) is 35.0 Å². The van der Waals surface area contributed by atoms with Crippen LogP contribution >= 0.6 is 0 Å². The van der Waals surface area contributed by atoms with E-state index in [0.29, 0.717) is 17.1 Å². The van der Waals surface area contributed by atoms with Gasteiger partial charge in [-0.05, 0) is 37.1 Å². The molecule has 1 saturated carbocycles. The number of carbonyl (C=O) groups excluding carboxylic acids is 2. The predicted molar refractivity (Wildman–Crippen MR) is 115 cm³/mol. The average Bonchev–Trinajstić information content (AvgIpc) is 3.45. The quantitative estimate of drug-likeness (QED) is 0.413. The second-order valence-electron chi connectivity index (χ2n) is 7.86. The van der Waals surface area contributed by atoms with Crippen molar-refractivity contribution < 1.29 is 31.9 Å². The Kier molecular flexibility index (Phi) is 5.38. The van der Waals surface area contributed by atoms with E-state index in [2.05, 4.69) is 30.1 Å². The second-order valence-corrected chi connectivity index (χ2v) is 7.86. The molecule has 1 fully saturated rings. The third-order valence-corrected chi connectivity index (χ3v) is 5.02. The number of nitrogens with one attached hydrogen (secondary N) is 2. The summed E-state index contributed by atoms with van der Waals surface area (Å²) in [6.45, 7) is 1.22. The topological polar surface area (TPSA) is 124 Å². The normalized spacial score (nSPS) is 13.6. The summed E-state index contributed by atoms with van der Waals surface area (Å²) < 4.78 is 51.1. The molecule has 0 saturated heterocycles. The van der Waals surface area contributed by atoms with Crippen molar-refractivity contribution in [2.45, 2.75) is 25.9 Å². The highest BCUT2D eigenvalue weighted by Gasteiger charge is 2.41. The molecule has 0 bridgehead atoms. The van der Waals surface area contributed by atoms with Gasteiger partial charge in [0.1, 0.15) is 11.5 Å². The molecule has 1 aliphatic rings. The van der Waals surface area contributed by atoms with Crippen LogP contribution in [0.2, 0.25) is 0 Å². The van der Waals surface area contributed by atoms with Crippen molar-refractivity contribution >= 4 is 29.1 Å². The summed E-state index contributed by atoms with van der Waals surface area (Å²) in [7, 11) is 0. The van der Waals surface area contributed by atoms with E-state index in [1.165, 1.54) is 23.6 Å². The number of alkyl halides is 3. The lowest BCUT2D eigenvalue weighted by Gasteiger charge is -2.09. The first kappa shape index (κ1) is 22.4. The zero-order valence-electron chi connectivity index (χ0n) is 18.1. The number of hydrogen-bond acceptors (Lipinski definition) is 7. The molecule has 1 aromatic carbocycles. The highest BCUT2D eigenvalue weighted by atomic mass is 19.4. The van der Waals surface area contributed by atoms with Crippen LogP contribution in [-0.2, 0) is 11.0 Å². The first-order valence-corrected chi connectivity index (χ1v) is 10.5. The molecule has 3 aromatic heterocycles. The third-order valence-electron chi connectivity index (χ3n) is 5.02. The van der Waals surface area contributed by atoms with Gasteiger partial charge in [0.2, 0.25) is 17.6 Å². The van der Waals surface area contributed by atoms with Gasteiger partial charge in [-0.3, -0.25) is 14.9 Å². The van der Waals surface area contributed by atoms with Gasteiger partial charge in [0, 0.05) is 24.6 Å². The number of benzene rings is 1. The van der Waals surface area contributed by atoms with E-state index in [1.54, 1.807) is 30.5 Å². The number of halogens is 3. The number of pyridine rings is 1. The molecule has 0 unspecified atom stereocenters. The van der Waals surface area contributed by atoms with Crippen molar-refractivity contribution in [1.29, 1.82) is 0 Å². The lowest BCUT2D eigenvalue weighted by molar-refractivity contribution is -0.153. The number of anilines is 2. The van der Waals surface area contributed by atoms with E-state index in [9.17, 15) is 22.8 Å². The molecule has 0 radical (unpaired) electrons. The molecule has 13 heteroatoms. The van der Waals surface area contributed by atoms with Crippen molar-refractivity contribution in [3.63, 3.8) is 0 Å². The minimum absolute atomic E-state index is 0.0154. The number of hydrogen-bond donors (Lipinski definition) is 2. The molecular weight excluding hydrogens is 469 g/mol. The van der Waals surface area contributed by atoms with E-state index in [0.717, 1.165) is 12.8 Å². The molecule has 5 rings (SSSR count). The zero-order chi connectivity index (χ0) is 24.7. The lowest BCUT2D eigenvalue weighted by atomic mass is 10.2. The fourth-order valence-electron chi connectivity index (χ4n) is 3.27. The summed E-state index contributed by atoms with van der Waals surface area (Å²) in [6, 6.07) is 9.36. The van der Waals surface area contributed by atoms with Crippen molar-refractivity contribution in [3.8, 4) is 11.5 Å². The van der Waals surface area contributed by atoms with Crippen LogP contribution in [-0.4, -0.2) is 31.4 Å². The number of fused-ring (bicyclic) bond motifs is 1. The van der Waals surface area contributed by atoms with Gasteiger partial charge in [-0.1, -0.05) is 6.07 Å². The average molecular weight is 486 g/mol. The van der Waals surface area contributed by atoms with Crippen LogP contribution in [0.5, 0.6) is 11.5 Å². The van der Waals surface area contributed by atoms with Gasteiger partial charge in [-0.2, -0.15) is 18.2 Å². The smallest absolute Gasteiger partial charge is 0.452 e. The summed E-state index contributed by atoms with van der Waals surface area (Å²) in [5.41, 5.74) is -0.177. The number of rotatable bonds is 6. The molecule has 3 heterocycles. The van der Waals surface area contributed by atoms with E-state index in [4.69, 9.17) is 4.74 Å². The Labute approximate surface area is 195 Å². The zero-order valence-corrected chi connectivity index (χ0v) is 18.1. The Morgan fingerprint density at radius 2 is 1.91 bits per heavy atom. The Morgan fingerprint density at radius 3 is 2.66 bits per heavy atom. The summed E-state index contributed by atoms with van der Waals surface area (Å²) >= 11 is 0. The van der Waals surface area contributed by atoms with Crippen LogP contribution in [0.4, 0.5) is 24.8 Å². The van der Waals surface area contributed by atoms with E-state index in [-0.39, 0.29) is 29.4 Å². The highest BCUT2D eigenvalue weighted by molar-refractivity contribution is 6.03. The number of nitrogens with zero attached hydrogens (tertiary/aromatic N) is 4. The summed E-state index contributed by atoms with van der Waals surface area (Å²) in [4.78, 5) is 32.1. The fourth-order valence-corrected chi connectivity index (χ4v) is 3.27. The van der Waals surface area contributed by atoms with Crippen molar-refractivity contribution in [3.05, 3.63) is 59.9 Å². The van der Waals surface area contributed by atoms with Gasteiger partial charge in [-0.15, -0.1) is 5.10 Å². The van der Waals surface area contributed by atoms with Gasteiger partial charge < -0.3 is 14.5 Å². The Morgan fingerprint density at radius 1 is 1.11 bits per heavy atom. The van der Waals surface area contributed by atoms with Crippen LogP contribution < -0.4 is 15.4 Å². The fraction of sp³-hybridized carbons (Fsp3) is 0.227. The number of ether oxygens (including phenoxy) is 1. The molecule has 35 heavy (non-hydrogen) atoms. The molecular formula is C22H17F3N6O4. The maximum atomic E-state index is 13.1. The maximum absolute atomic E-state index is 13.1. The number of aromatic nitrogens is 4. The first-order chi connectivity index (χ1) is 16.7. The van der Waals surface area contributed by atoms with Crippen molar-refractivity contribution in [1.82, 2.24) is 19.6 Å². The number of carbonyl (C=O) groups is 2. The highest BCUT2D eigenvalue weighted by Crippen LogP contribution is 2.33. The maximum Gasteiger partial charge on any atom is 0.452 e. The van der Waals surface area contributed by atoms with Gasteiger partial charge in [0.05, 0.1) is 6.20 Å². The Balaban J connectivity index is 1.30. The van der Waals surface area contributed by atoms with E-state index < -0.39 is 23.5 Å².